The number of nitro groups is 1. The van der Waals surface area contributed by atoms with Crippen LogP contribution in [-0.2, 0) is 20.9 Å². The van der Waals surface area contributed by atoms with Gasteiger partial charge in [-0.05, 0) is 25.0 Å². The highest BCUT2D eigenvalue weighted by Gasteiger charge is 2.37. The summed E-state index contributed by atoms with van der Waals surface area (Å²) in [4.78, 5) is 36.0. The number of aromatic nitrogens is 2. The molecule has 1 aliphatic heterocycles. The van der Waals surface area contributed by atoms with E-state index in [1.54, 1.807) is 20.1 Å². The number of hydrogen-bond acceptors (Lipinski definition) is 6. The van der Waals surface area contributed by atoms with E-state index in [-0.39, 0.29) is 24.6 Å². The van der Waals surface area contributed by atoms with Gasteiger partial charge >= 0.3 is 0 Å². The second-order valence-corrected chi connectivity index (χ2v) is 7.93. The Morgan fingerprint density at radius 3 is 2.64 bits per heavy atom. The molecule has 0 bridgehead atoms. The van der Waals surface area contributed by atoms with Crippen molar-refractivity contribution in [3.05, 3.63) is 69.4 Å². The summed E-state index contributed by atoms with van der Waals surface area (Å²) in [6.07, 6.45) is -0.178. The van der Waals surface area contributed by atoms with E-state index in [1.807, 2.05) is 31.2 Å². The van der Waals surface area contributed by atoms with E-state index in [4.69, 9.17) is 4.74 Å². The number of fused-ring (bicyclic) bond motifs is 1. The summed E-state index contributed by atoms with van der Waals surface area (Å²) in [6.45, 7) is 3.96. The molecule has 0 fully saturated rings. The molecule has 1 unspecified atom stereocenters. The molecular weight excluding hydrogens is 426 g/mol. The van der Waals surface area contributed by atoms with Gasteiger partial charge in [0.2, 0.25) is 5.91 Å². The second kappa shape index (κ2) is 8.83. The fourth-order valence-corrected chi connectivity index (χ4v) is 3.81. The lowest BCUT2D eigenvalue weighted by Gasteiger charge is -2.11. The third kappa shape index (κ3) is 4.33. The monoisotopic (exact) mass is 449 g/mol. The number of amides is 2. The molecule has 2 N–H and O–H groups in total. The van der Waals surface area contributed by atoms with Crippen molar-refractivity contribution in [3.8, 4) is 11.1 Å². The van der Waals surface area contributed by atoms with Crippen LogP contribution in [0.25, 0.3) is 11.1 Å². The first-order chi connectivity index (χ1) is 15.8. The highest BCUT2D eigenvalue weighted by Crippen LogP contribution is 2.39. The van der Waals surface area contributed by atoms with Crippen molar-refractivity contribution in [2.75, 3.05) is 17.7 Å². The average molecular weight is 449 g/mol. The summed E-state index contributed by atoms with van der Waals surface area (Å²) in [7, 11) is 1.56. The van der Waals surface area contributed by atoms with Crippen LogP contribution < -0.4 is 10.6 Å². The largest absolute Gasteiger partial charge is 0.378 e. The Morgan fingerprint density at radius 2 is 1.97 bits per heavy atom. The molecule has 170 valence electrons. The summed E-state index contributed by atoms with van der Waals surface area (Å²) >= 11 is 0. The van der Waals surface area contributed by atoms with Crippen LogP contribution in [0.1, 0.15) is 29.3 Å². The molecule has 1 aromatic heterocycles. The predicted octanol–water partition coefficient (Wildman–Crippen LogP) is 3.74. The molecule has 33 heavy (non-hydrogen) atoms. The number of aryl methyl sites for hydroxylation is 2. The number of non-ortho nitro benzene ring substituents is 1. The molecule has 2 amide bonds. The summed E-state index contributed by atoms with van der Waals surface area (Å²) < 4.78 is 6.81. The number of nitro benzene ring substituents is 1. The number of hydrogen-bond donors (Lipinski definition) is 2. The van der Waals surface area contributed by atoms with Gasteiger partial charge in [0, 0.05) is 24.8 Å². The number of carbonyl (C=O) groups is 2. The minimum Gasteiger partial charge on any atom is -0.378 e. The first-order valence-electron chi connectivity index (χ1n) is 10.3. The number of rotatable bonds is 7. The number of carbonyl (C=O) groups excluding carboxylic acids is 2. The van der Waals surface area contributed by atoms with E-state index >= 15 is 0 Å². The molecule has 10 nitrogen and oxygen atoms in total. The smallest absolute Gasteiger partial charge is 0.271 e. The van der Waals surface area contributed by atoms with E-state index in [0.29, 0.717) is 22.8 Å². The van der Waals surface area contributed by atoms with Gasteiger partial charge in [-0.1, -0.05) is 35.9 Å². The number of ether oxygens (including phenoxy) is 1. The third-order valence-electron chi connectivity index (χ3n) is 5.53. The molecule has 4 rings (SSSR count). The molecule has 1 atom stereocenters. The Hall–Kier alpha value is -4.05. The molecule has 1 aliphatic rings. The predicted molar refractivity (Wildman–Crippen MR) is 122 cm³/mol. The standard InChI is InChI=1S/C23H23N5O5/c1-13-4-7-15(8-5-13)21-18(12-33-3)26-27-19(23(30)25-22(21)27)11-20(29)24-17-10-16(28(31)32)9-6-14(17)2/h4-10,19H,11-12H2,1-3H3,(H,24,29)(H,25,30). The number of anilines is 2. The van der Waals surface area contributed by atoms with Gasteiger partial charge in [0.15, 0.2) is 0 Å². The summed E-state index contributed by atoms with van der Waals surface area (Å²) in [5.41, 5.74) is 4.26. The van der Waals surface area contributed by atoms with Gasteiger partial charge in [0.1, 0.15) is 11.9 Å². The molecular formula is C23H23N5O5. The topological polar surface area (TPSA) is 128 Å². The second-order valence-electron chi connectivity index (χ2n) is 7.93. The maximum absolute atomic E-state index is 12.8. The van der Waals surface area contributed by atoms with Crippen molar-refractivity contribution in [1.29, 1.82) is 0 Å². The molecule has 0 saturated carbocycles. The van der Waals surface area contributed by atoms with Crippen molar-refractivity contribution in [3.63, 3.8) is 0 Å². The van der Waals surface area contributed by atoms with Crippen LogP contribution >= 0.6 is 0 Å². The van der Waals surface area contributed by atoms with Gasteiger partial charge in [-0.2, -0.15) is 5.10 Å². The van der Waals surface area contributed by atoms with Crippen molar-refractivity contribution in [2.45, 2.75) is 32.9 Å². The van der Waals surface area contributed by atoms with E-state index < -0.39 is 16.9 Å². The number of nitrogens with zero attached hydrogens (tertiary/aromatic N) is 3. The zero-order valence-corrected chi connectivity index (χ0v) is 18.4. The highest BCUT2D eigenvalue weighted by molar-refractivity contribution is 6.04. The zero-order valence-electron chi connectivity index (χ0n) is 18.4. The lowest BCUT2D eigenvalue weighted by Crippen LogP contribution is -2.24. The zero-order chi connectivity index (χ0) is 23.7. The van der Waals surface area contributed by atoms with Crippen LogP contribution in [0.15, 0.2) is 42.5 Å². The fraction of sp³-hybridized carbons (Fsp3) is 0.261. The molecule has 0 saturated heterocycles. The first kappa shape index (κ1) is 22.2. The quantitative estimate of drug-likeness (QED) is 0.418. The SMILES string of the molecule is COCc1nn2c(c1-c1ccc(C)cc1)NC(=O)C2CC(=O)Nc1cc([N+](=O)[O-])ccc1C. The molecule has 2 heterocycles. The van der Waals surface area contributed by atoms with Crippen molar-refractivity contribution in [2.24, 2.45) is 0 Å². The van der Waals surface area contributed by atoms with Crippen LogP contribution in [0.3, 0.4) is 0 Å². The van der Waals surface area contributed by atoms with E-state index in [1.165, 1.54) is 16.8 Å². The summed E-state index contributed by atoms with van der Waals surface area (Å²) in [6, 6.07) is 11.2. The van der Waals surface area contributed by atoms with Crippen LogP contribution in [0, 0.1) is 24.0 Å². The van der Waals surface area contributed by atoms with Crippen molar-refractivity contribution < 1.29 is 19.2 Å². The molecule has 2 aromatic carbocycles. The maximum atomic E-state index is 12.8. The summed E-state index contributed by atoms with van der Waals surface area (Å²) in [5, 5.41) is 21.1. The minimum atomic E-state index is -0.853. The Labute approximate surface area is 189 Å². The first-order valence-corrected chi connectivity index (χ1v) is 10.3. The van der Waals surface area contributed by atoms with Crippen LogP contribution in [0.4, 0.5) is 17.2 Å². The Balaban J connectivity index is 1.61. The maximum Gasteiger partial charge on any atom is 0.271 e. The van der Waals surface area contributed by atoms with Gasteiger partial charge in [-0.25, -0.2) is 4.68 Å². The molecule has 10 heteroatoms. The molecule has 0 radical (unpaired) electrons. The van der Waals surface area contributed by atoms with E-state index in [9.17, 15) is 19.7 Å². The van der Waals surface area contributed by atoms with Crippen molar-refractivity contribution >= 4 is 29.0 Å². The lowest BCUT2D eigenvalue weighted by molar-refractivity contribution is -0.384. The van der Waals surface area contributed by atoms with Gasteiger partial charge < -0.3 is 15.4 Å². The summed E-state index contributed by atoms with van der Waals surface area (Å²) in [5.74, 6) is -0.284. The van der Waals surface area contributed by atoms with Crippen LogP contribution in [-0.4, -0.2) is 33.6 Å². The Bertz CT molecular complexity index is 1250. The van der Waals surface area contributed by atoms with E-state index in [0.717, 1.165) is 16.7 Å². The van der Waals surface area contributed by atoms with Crippen LogP contribution in [0.5, 0.6) is 0 Å². The Kier molecular flexibility index (Phi) is 5.93. The third-order valence-corrected chi connectivity index (χ3v) is 5.53. The molecule has 3 aromatic rings. The molecule has 0 spiro atoms. The van der Waals surface area contributed by atoms with Gasteiger partial charge in [0.25, 0.3) is 11.6 Å². The number of methoxy groups -OCH3 is 1. The molecule has 0 aliphatic carbocycles. The highest BCUT2D eigenvalue weighted by atomic mass is 16.6. The van der Waals surface area contributed by atoms with Crippen molar-refractivity contribution in [1.82, 2.24) is 9.78 Å². The lowest BCUT2D eigenvalue weighted by atomic mass is 10.0. The minimum absolute atomic E-state index is 0.129. The van der Waals surface area contributed by atoms with Gasteiger partial charge in [-0.15, -0.1) is 0 Å². The van der Waals surface area contributed by atoms with Crippen LogP contribution in [0.2, 0.25) is 0 Å². The van der Waals surface area contributed by atoms with Gasteiger partial charge in [-0.3, -0.25) is 19.7 Å². The normalized spacial score (nSPS) is 14.6. The van der Waals surface area contributed by atoms with E-state index in [2.05, 4.69) is 15.7 Å². The Morgan fingerprint density at radius 1 is 1.24 bits per heavy atom. The fourth-order valence-electron chi connectivity index (χ4n) is 3.81. The average Bonchev–Trinajstić information content (AvgIpc) is 3.25. The number of benzene rings is 2. The van der Waals surface area contributed by atoms with Gasteiger partial charge in [0.05, 0.1) is 29.3 Å². The number of nitrogens with one attached hydrogen (secondary N) is 2.